The lowest BCUT2D eigenvalue weighted by Gasteiger charge is -2.23. The van der Waals surface area contributed by atoms with Crippen LogP contribution >= 0.6 is 0 Å². The van der Waals surface area contributed by atoms with E-state index in [1.165, 1.54) is 33.3 Å². The van der Waals surface area contributed by atoms with Crippen LogP contribution in [-0.4, -0.2) is 54.4 Å². The van der Waals surface area contributed by atoms with E-state index in [1.807, 2.05) is 0 Å². The predicted octanol–water partition coefficient (Wildman–Crippen LogP) is 1.82. The molecular formula is C19H25N3O5S2. The van der Waals surface area contributed by atoms with Crippen LogP contribution in [0.1, 0.15) is 28.9 Å². The first-order chi connectivity index (χ1) is 13.3. The Morgan fingerprint density at radius 2 is 1.41 bits per heavy atom. The van der Waals surface area contributed by atoms with Crippen LogP contribution in [0.4, 0.5) is 5.69 Å². The van der Waals surface area contributed by atoms with Gasteiger partial charge in [0.15, 0.2) is 9.84 Å². The summed E-state index contributed by atoms with van der Waals surface area (Å²) in [6.45, 7) is 1.79. The summed E-state index contributed by atoms with van der Waals surface area (Å²) in [5, 5.41) is 2.84. The molecule has 0 fully saturated rings. The normalized spacial score (nSPS) is 13.2. The standard InChI is InChI=1S/C19H25N3O5S2/c1-14(15-8-12-18(13-9-15)28(5,24)25)20-19(23)16-6-10-17(11-7-16)22(4)29(26,27)21(2)3/h6-14H,1-5H3,(H,20,23)/t14-/m0/s1. The molecule has 0 radical (unpaired) electrons. The van der Waals surface area contributed by atoms with E-state index in [9.17, 15) is 21.6 Å². The fraction of sp³-hybridized carbons (Fsp3) is 0.316. The molecule has 2 aromatic rings. The Balaban J connectivity index is 2.11. The molecule has 0 aromatic heterocycles. The highest BCUT2D eigenvalue weighted by Crippen LogP contribution is 2.20. The lowest BCUT2D eigenvalue weighted by molar-refractivity contribution is 0.0940. The quantitative estimate of drug-likeness (QED) is 0.709. The number of hydrogen-bond donors (Lipinski definition) is 1. The molecule has 158 valence electrons. The Morgan fingerprint density at radius 1 is 0.897 bits per heavy atom. The largest absolute Gasteiger partial charge is 0.346 e. The van der Waals surface area contributed by atoms with Gasteiger partial charge in [0.1, 0.15) is 0 Å². The van der Waals surface area contributed by atoms with Gasteiger partial charge in [-0.2, -0.15) is 12.7 Å². The smallest absolute Gasteiger partial charge is 0.303 e. The van der Waals surface area contributed by atoms with Crippen molar-refractivity contribution in [2.75, 3.05) is 31.7 Å². The lowest BCUT2D eigenvalue weighted by Crippen LogP contribution is -2.37. The Bertz CT molecular complexity index is 1080. The van der Waals surface area contributed by atoms with Crippen LogP contribution in [-0.2, 0) is 20.0 Å². The summed E-state index contributed by atoms with van der Waals surface area (Å²) in [6.07, 6.45) is 1.14. The molecule has 0 bridgehead atoms. The molecule has 29 heavy (non-hydrogen) atoms. The highest BCUT2D eigenvalue weighted by Gasteiger charge is 2.21. The third-order valence-electron chi connectivity index (χ3n) is 4.46. The molecule has 10 heteroatoms. The SMILES string of the molecule is C[C@H](NC(=O)c1ccc(N(C)S(=O)(=O)N(C)C)cc1)c1ccc(S(C)(=O)=O)cc1. The maximum absolute atomic E-state index is 12.5. The van der Waals surface area contributed by atoms with Crippen LogP contribution in [0.25, 0.3) is 0 Å². The molecule has 1 atom stereocenters. The molecule has 0 spiro atoms. The minimum absolute atomic E-state index is 0.215. The summed E-state index contributed by atoms with van der Waals surface area (Å²) >= 11 is 0. The second kappa shape index (κ2) is 8.52. The first kappa shape index (κ1) is 22.9. The maximum atomic E-state index is 12.5. The zero-order valence-electron chi connectivity index (χ0n) is 16.9. The average Bonchev–Trinajstić information content (AvgIpc) is 2.66. The number of sulfone groups is 1. The summed E-state index contributed by atoms with van der Waals surface area (Å²) in [5.41, 5.74) is 1.57. The van der Waals surface area contributed by atoms with E-state index < -0.39 is 20.0 Å². The molecule has 8 nitrogen and oxygen atoms in total. The van der Waals surface area contributed by atoms with Gasteiger partial charge in [-0.15, -0.1) is 0 Å². The molecule has 1 N–H and O–H groups in total. The highest BCUT2D eigenvalue weighted by molar-refractivity contribution is 7.90. The third kappa shape index (κ3) is 5.34. The van der Waals surface area contributed by atoms with Crippen molar-refractivity contribution < 1.29 is 21.6 Å². The van der Waals surface area contributed by atoms with E-state index in [4.69, 9.17) is 0 Å². The van der Waals surface area contributed by atoms with Crippen molar-refractivity contribution in [3.05, 3.63) is 59.7 Å². The fourth-order valence-corrected chi connectivity index (χ4v) is 4.08. The van der Waals surface area contributed by atoms with Gasteiger partial charge in [0.05, 0.1) is 16.6 Å². The second-order valence-electron chi connectivity index (χ2n) is 6.84. The Morgan fingerprint density at radius 3 is 1.86 bits per heavy atom. The summed E-state index contributed by atoms with van der Waals surface area (Å²) in [6, 6.07) is 12.2. The van der Waals surface area contributed by atoms with E-state index in [1.54, 1.807) is 43.3 Å². The van der Waals surface area contributed by atoms with Crippen molar-refractivity contribution in [3.8, 4) is 0 Å². The van der Waals surface area contributed by atoms with Gasteiger partial charge < -0.3 is 5.32 Å². The van der Waals surface area contributed by atoms with Crippen LogP contribution in [0.3, 0.4) is 0 Å². The average molecular weight is 440 g/mol. The highest BCUT2D eigenvalue weighted by atomic mass is 32.2. The number of hydrogen-bond acceptors (Lipinski definition) is 5. The molecular weight excluding hydrogens is 414 g/mol. The van der Waals surface area contributed by atoms with E-state index in [-0.39, 0.29) is 16.8 Å². The van der Waals surface area contributed by atoms with Gasteiger partial charge in [0.2, 0.25) is 0 Å². The first-order valence-electron chi connectivity index (χ1n) is 8.71. The van der Waals surface area contributed by atoms with Crippen molar-refractivity contribution >= 4 is 31.6 Å². The molecule has 0 aliphatic heterocycles. The van der Waals surface area contributed by atoms with Crippen molar-refractivity contribution in [3.63, 3.8) is 0 Å². The minimum atomic E-state index is -3.61. The zero-order valence-corrected chi connectivity index (χ0v) is 18.6. The van der Waals surface area contributed by atoms with E-state index in [0.29, 0.717) is 11.3 Å². The third-order valence-corrected chi connectivity index (χ3v) is 7.41. The molecule has 2 rings (SSSR count). The molecule has 0 saturated heterocycles. The summed E-state index contributed by atoms with van der Waals surface area (Å²) in [7, 11) is -2.56. The lowest BCUT2D eigenvalue weighted by atomic mass is 10.1. The van der Waals surface area contributed by atoms with Crippen LogP contribution in [0, 0.1) is 0 Å². The fourth-order valence-electron chi connectivity index (χ4n) is 2.57. The second-order valence-corrected chi connectivity index (χ2v) is 11.0. The van der Waals surface area contributed by atoms with E-state index >= 15 is 0 Å². The molecule has 0 aliphatic carbocycles. The zero-order chi connectivity index (χ0) is 22.0. The van der Waals surface area contributed by atoms with Gasteiger partial charge in [-0.3, -0.25) is 9.10 Å². The van der Waals surface area contributed by atoms with Crippen LogP contribution in [0.5, 0.6) is 0 Å². The maximum Gasteiger partial charge on any atom is 0.303 e. The number of nitrogens with one attached hydrogen (secondary N) is 1. The first-order valence-corrected chi connectivity index (χ1v) is 12.0. The van der Waals surface area contributed by atoms with Crippen LogP contribution in [0.15, 0.2) is 53.4 Å². The number of amides is 1. The van der Waals surface area contributed by atoms with Gasteiger partial charge in [-0.1, -0.05) is 12.1 Å². The molecule has 1 amide bonds. The summed E-state index contributed by atoms with van der Waals surface area (Å²) in [5.74, 6) is -0.325. The topological polar surface area (TPSA) is 104 Å². The van der Waals surface area contributed by atoms with Crippen molar-refractivity contribution in [1.29, 1.82) is 0 Å². The van der Waals surface area contributed by atoms with E-state index in [2.05, 4.69) is 5.32 Å². The summed E-state index contributed by atoms with van der Waals surface area (Å²) < 4.78 is 49.6. The van der Waals surface area contributed by atoms with E-state index in [0.717, 1.165) is 20.4 Å². The molecule has 0 heterocycles. The van der Waals surface area contributed by atoms with Gasteiger partial charge in [0, 0.05) is 33.0 Å². The van der Waals surface area contributed by atoms with Crippen LogP contribution < -0.4 is 9.62 Å². The van der Waals surface area contributed by atoms with Gasteiger partial charge in [-0.05, 0) is 48.9 Å². The number of carbonyl (C=O) groups excluding carboxylic acids is 1. The molecule has 0 aliphatic rings. The summed E-state index contributed by atoms with van der Waals surface area (Å²) in [4.78, 5) is 12.7. The molecule has 2 aromatic carbocycles. The van der Waals surface area contributed by atoms with Crippen molar-refractivity contribution in [2.24, 2.45) is 0 Å². The van der Waals surface area contributed by atoms with Crippen molar-refractivity contribution in [2.45, 2.75) is 17.9 Å². The van der Waals surface area contributed by atoms with Gasteiger partial charge in [0.25, 0.3) is 5.91 Å². The molecule has 0 saturated carbocycles. The predicted molar refractivity (Wildman–Crippen MR) is 113 cm³/mol. The number of carbonyl (C=O) groups is 1. The van der Waals surface area contributed by atoms with Gasteiger partial charge >= 0.3 is 10.2 Å². The number of benzene rings is 2. The monoisotopic (exact) mass is 439 g/mol. The van der Waals surface area contributed by atoms with Crippen LogP contribution in [0.2, 0.25) is 0 Å². The molecule has 0 unspecified atom stereocenters. The van der Waals surface area contributed by atoms with Crippen molar-refractivity contribution in [1.82, 2.24) is 9.62 Å². The van der Waals surface area contributed by atoms with Gasteiger partial charge in [-0.25, -0.2) is 8.42 Å². The Hall–Kier alpha value is -2.43. The number of anilines is 1. The number of rotatable bonds is 7. The Labute approximate surface area is 172 Å². The Kier molecular flexibility index (Phi) is 6.71. The minimum Gasteiger partial charge on any atom is -0.346 e. The number of nitrogens with zero attached hydrogens (tertiary/aromatic N) is 2.